The first-order valence-corrected chi connectivity index (χ1v) is 10.3. The highest BCUT2D eigenvalue weighted by Crippen LogP contribution is 2.33. The minimum atomic E-state index is 0.0270. The highest BCUT2D eigenvalue weighted by Gasteiger charge is 2.25. The molecule has 2 aliphatic heterocycles. The maximum absolute atomic E-state index is 12.3. The van der Waals surface area contributed by atoms with Crippen LogP contribution < -0.4 is 14.5 Å². The molecule has 0 aromatic heterocycles. The van der Waals surface area contributed by atoms with Gasteiger partial charge in [-0.3, -0.25) is 9.69 Å². The van der Waals surface area contributed by atoms with E-state index in [4.69, 9.17) is 27.9 Å². The number of rotatable bonds is 5. The van der Waals surface area contributed by atoms with Crippen molar-refractivity contribution in [1.82, 2.24) is 4.90 Å². The number of fused-ring (bicyclic) bond motifs is 1. The Kier molecular flexibility index (Phi) is 5.95. The second-order valence-electron chi connectivity index (χ2n) is 7.06. The minimum Gasteiger partial charge on any atom is -0.482 e. The second kappa shape index (κ2) is 8.60. The molecule has 1 amide bonds. The third-order valence-electron chi connectivity index (χ3n) is 5.31. The Balaban J connectivity index is 1.28. The number of anilines is 2. The first-order valence-electron chi connectivity index (χ1n) is 9.57. The largest absolute Gasteiger partial charge is 0.482 e. The molecule has 5 nitrogen and oxygen atoms in total. The van der Waals surface area contributed by atoms with Gasteiger partial charge >= 0.3 is 0 Å². The standard InChI is InChI=1S/C21H23Cl2N3O2/c22-16-5-3-7-18(21(16)23)25-13-11-24(12-14-25)9-4-10-26-17-6-1-2-8-19(17)28-15-20(26)27/h1-3,5-8H,4,9-15H2. The average Bonchev–Trinajstić information content (AvgIpc) is 2.72. The van der Waals surface area contributed by atoms with E-state index in [0.717, 1.165) is 56.3 Å². The zero-order valence-electron chi connectivity index (χ0n) is 15.6. The van der Waals surface area contributed by atoms with E-state index in [9.17, 15) is 4.79 Å². The number of ether oxygens (including phenoxy) is 1. The Morgan fingerprint density at radius 1 is 0.893 bits per heavy atom. The van der Waals surface area contributed by atoms with Crippen molar-refractivity contribution in [2.24, 2.45) is 0 Å². The lowest BCUT2D eigenvalue weighted by Crippen LogP contribution is -2.47. The van der Waals surface area contributed by atoms with E-state index in [1.807, 2.05) is 47.4 Å². The van der Waals surface area contributed by atoms with Crippen LogP contribution in [0.1, 0.15) is 6.42 Å². The average molecular weight is 420 g/mol. The van der Waals surface area contributed by atoms with Crippen molar-refractivity contribution in [2.75, 3.05) is 55.7 Å². The Bertz CT molecular complexity index is 853. The molecule has 2 aliphatic rings. The molecule has 148 valence electrons. The summed E-state index contributed by atoms with van der Waals surface area (Å²) in [6.07, 6.45) is 0.929. The Morgan fingerprint density at radius 2 is 1.64 bits per heavy atom. The van der Waals surface area contributed by atoms with Crippen LogP contribution in [0.5, 0.6) is 5.75 Å². The molecular formula is C21H23Cl2N3O2. The molecule has 28 heavy (non-hydrogen) atoms. The number of carbonyl (C=O) groups excluding carboxylic acids is 1. The van der Waals surface area contributed by atoms with Crippen molar-refractivity contribution >= 4 is 40.5 Å². The molecule has 0 unspecified atom stereocenters. The number of para-hydroxylation sites is 2. The smallest absolute Gasteiger partial charge is 0.265 e. The number of amides is 1. The normalized spacial score (nSPS) is 17.4. The van der Waals surface area contributed by atoms with Gasteiger partial charge in [0.1, 0.15) is 5.75 Å². The van der Waals surface area contributed by atoms with Crippen LogP contribution in [-0.2, 0) is 4.79 Å². The molecule has 0 saturated carbocycles. The van der Waals surface area contributed by atoms with Gasteiger partial charge in [-0.15, -0.1) is 0 Å². The Labute approximate surface area is 175 Å². The van der Waals surface area contributed by atoms with Gasteiger partial charge in [0.2, 0.25) is 0 Å². The van der Waals surface area contributed by atoms with Gasteiger partial charge in [0, 0.05) is 32.7 Å². The van der Waals surface area contributed by atoms with E-state index < -0.39 is 0 Å². The third kappa shape index (κ3) is 4.07. The van der Waals surface area contributed by atoms with Crippen molar-refractivity contribution in [3.05, 3.63) is 52.5 Å². The van der Waals surface area contributed by atoms with Crippen LogP contribution >= 0.6 is 23.2 Å². The van der Waals surface area contributed by atoms with E-state index in [-0.39, 0.29) is 12.5 Å². The van der Waals surface area contributed by atoms with Crippen LogP contribution in [-0.4, -0.2) is 56.7 Å². The van der Waals surface area contributed by atoms with Crippen LogP contribution in [0.2, 0.25) is 10.0 Å². The number of hydrogen-bond acceptors (Lipinski definition) is 4. The molecule has 0 aliphatic carbocycles. The summed E-state index contributed by atoms with van der Waals surface area (Å²) in [6.45, 7) is 5.56. The SMILES string of the molecule is O=C1COc2ccccc2N1CCCN1CCN(c2cccc(Cl)c2Cl)CC1. The van der Waals surface area contributed by atoms with Crippen molar-refractivity contribution in [3.63, 3.8) is 0 Å². The van der Waals surface area contributed by atoms with E-state index >= 15 is 0 Å². The van der Waals surface area contributed by atoms with Gasteiger partial charge in [-0.25, -0.2) is 0 Å². The van der Waals surface area contributed by atoms with Crippen molar-refractivity contribution in [2.45, 2.75) is 6.42 Å². The van der Waals surface area contributed by atoms with Crippen molar-refractivity contribution < 1.29 is 9.53 Å². The van der Waals surface area contributed by atoms with Crippen LogP contribution in [0.25, 0.3) is 0 Å². The lowest BCUT2D eigenvalue weighted by atomic mass is 10.2. The highest BCUT2D eigenvalue weighted by molar-refractivity contribution is 6.43. The molecule has 2 aromatic carbocycles. The van der Waals surface area contributed by atoms with E-state index in [1.165, 1.54) is 0 Å². The number of halogens is 2. The zero-order valence-corrected chi connectivity index (χ0v) is 17.1. The van der Waals surface area contributed by atoms with Crippen LogP contribution in [0.15, 0.2) is 42.5 Å². The molecule has 0 bridgehead atoms. The monoisotopic (exact) mass is 419 g/mol. The lowest BCUT2D eigenvalue weighted by Gasteiger charge is -2.37. The zero-order chi connectivity index (χ0) is 19.5. The summed E-state index contributed by atoms with van der Waals surface area (Å²) in [6, 6.07) is 13.5. The highest BCUT2D eigenvalue weighted by atomic mass is 35.5. The number of nitrogens with zero attached hydrogens (tertiary/aromatic N) is 3. The van der Waals surface area contributed by atoms with Crippen LogP contribution in [0, 0.1) is 0 Å². The third-order valence-corrected chi connectivity index (χ3v) is 6.12. The number of carbonyl (C=O) groups is 1. The number of piperazine rings is 1. The van der Waals surface area contributed by atoms with Crippen LogP contribution in [0.3, 0.4) is 0 Å². The molecule has 0 N–H and O–H groups in total. The van der Waals surface area contributed by atoms with Crippen molar-refractivity contribution in [3.8, 4) is 5.75 Å². The van der Waals surface area contributed by atoms with Gasteiger partial charge in [-0.1, -0.05) is 41.4 Å². The minimum absolute atomic E-state index is 0.0270. The summed E-state index contributed by atoms with van der Waals surface area (Å²) >= 11 is 12.5. The van der Waals surface area contributed by atoms with E-state index in [2.05, 4.69) is 9.80 Å². The summed E-state index contributed by atoms with van der Waals surface area (Å²) in [5.74, 6) is 0.813. The maximum atomic E-state index is 12.3. The summed E-state index contributed by atoms with van der Waals surface area (Å²) in [5.41, 5.74) is 1.88. The summed E-state index contributed by atoms with van der Waals surface area (Å²) < 4.78 is 5.51. The molecular weight excluding hydrogens is 397 g/mol. The molecule has 0 atom stereocenters. The van der Waals surface area contributed by atoms with Gasteiger partial charge in [-0.05, 0) is 37.2 Å². The summed E-state index contributed by atoms with van der Waals surface area (Å²) in [7, 11) is 0. The first-order chi connectivity index (χ1) is 13.6. The molecule has 4 rings (SSSR count). The molecule has 0 radical (unpaired) electrons. The predicted molar refractivity (Wildman–Crippen MR) is 114 cm³/mol. The number of hydrogen-bond donors (Lipinski definition) is 0. The van der Waals surface area contributed by atoms with Crippen LogP contribution in [0.4, 0.5) is 11.4 Å². The Hall–Kier alpha value is -1.95. The van der Waals surface area contributed by atoms with Gasteiger partial charge in [0.05, 0.1) is 21.4 Å². The number of benzene rings is 2. The quantitative estimate of drug-likeness (QED) is 0.735. The molecule has 0 spiro atoms. The fourth-order valence-electron chi connectivity index (χ4n) is 3.80. The first kappa shape index (κ1) is 19.4. The fraction of sp³-hybridized carbons (Fsp3) is 0.381. The molecule has 2 aromatic rings. The molecule has 1 saturated heterocycles. The maximum Gasteiger partial charge on any atom is 0.265 e. The van der Waals surface area contributed by atoms with Crippen molar-refractivity contribution in [1.29, 1.82) is 0 Å². The summed E-state index contributed by atoms with van der Waals surface area (Å²) in [4.78, 5) is 18.8. The molecule has 7 heteroatoms. The summed E-state index contributed by atoms with van der Waals surface area (Å²) in [5, 5.41) is 1.22. The van der Waals surface area contributed by atoms with Gasteiger partial charge in [0.15, 0.2) is 6.61 Å². The van der Waals surface area contributed by atoms with Gasteiger partial charge < -0.3 is 14.5 Å². The van der Waals surface area contributed by atoms with E-state index in [1.54, 1.807) is 0 Å². The molecule has 2 heterocycles. The lowest BCUT2D eigenvalue weighted by molar-refractivity contribution is -0.121. The van der Waals surface area contributed by atoms with Gasteiger partial charge in [0.25, 0.3) is 5.91 Å². The van der Waals surface area contributed by atoms with Gasteiger partial charge in [-0.2, -0.15) is 0 Å². The Morgan fingerprint density at radius 3 is 2.46 bits per heavy atom. The topological polar surface area (TPSA) is 36.0 Å². The van der Waals surface area contributed by atoms with E-state index in [0.29, 0.717) is 16.6 Å². The molecule has 1 fully saturated rings. The fourth-order valence-corrected chi connectivity index (χ4v) is 4.22. The predicted octanol–water partition coefficient (Wildman–Crippen LogP) is 3.93. The second-order valence-corrected chi connectivity index (χ2v) is 7.84.